The first-order valence-corrected chi connectivity index (χ1v) is 7.32. The van der Waals surface area contributed by atoms with Gasteiger partial charge in [-0.2, -0.15) is 0 Å². The van der Waals surface area contributed by atoms with Crippen molar-refractivity contribution in [3.05, 3.63) is 35.4 Å². The average molecular weight is 291 g/mol. The lowest BCUT2D eigenvalue weighted by Crippen LogP contribution is -2.41. The molecule has 0 heterocycles. The van der Waals surface area contributed by atoms with Gasteiger partial charge in [-0.25, -0.2) is 0 Å². The Morgan fingerprint density at radius 3 is 2.14 bits per heavy atom. The van der Waals surface area contributed by atoms with Gasteiger partial charge < -0.3 is 15.5 Å². The number of rotatable bonds is 7. The maximum Gasteiger partial charge on any atom is 0.242 e. The van der Waals surface area contributed by atoms with E-state index in [9.17, 15) is 9.59 Å². The number of benzene rings is 1. The van der Waals surface area contributed by atoms with Crippen LogP contribution in [-0.2, 0) is 22.6 Å². The number of amides is 2. The Hall–Kier alpha value is -1.88. The Labute approximate surface area is 126 Å². The minimum Gasteiger partial charge on any atom is -0.342 e. The molecule has 1 aromatic carbocycles. The second-order valence-electron chi connectivity index (χ2n) is 4.97. The minimum absolute atomic E-state index is 0.0250. The zero-order valence-electron chi connectivity index (χ0n) is 13.1. The van der Waals surface area contributed by atoms with Crippen molar-refractivity contribution in [1.82, 2.24) is 9.80 Å². The molecule has 0 aliphatic carbocycles. The fourth-order valence-electron chi connectivity index (χ4n) is 2.19. The molecule has 1 rings (SSSR count). The van der Waals surface area contributed by atoms with Gasteiger partial charge in [0.05, 0.1) is 13.0 Å². The van der Waals surface area contributed by atoms with Crippen LogP contribution in [0.5, 0.6) is 0 Å². The van der Waals surface area contributed by atoms with Gasteiger partial charge in [-0.3, -0.25) is 9.59 Å². The van der Waals surface area contributed by atoms with Crippen molar-refractivity contribution >= 4 is 11.8 Å². The average Bonchev–Trinajstić information content (AvgIpc) is 2.48. The predicted molar refractivity (Wildman–Crippen MR) is 83.6 cm³/mol. The zero-order valence-corrected chi connectivity index (χ0v) is 13.1. The molecule has 0 radical (unpaired) electrons. The number of nitrogens with zero attached hydrogens (tertiary/aromatic N) is 2. The highest BCUT2D eigenvalue weighted by molar-refractivity contribution is 5.85. The van der Waals surface area contributed by atoms with Crippen molar-refractivity contribution in [3.8, 4) is 0 Å². The van der Waals surface area contributed by atoms with E-state index in [1.54, 1.807) is 11.9 Å². The molecule has 0 atom stereocenters. The lowest BCUT2D eigenvalue weighted by Gasteiger charge is -2.23. The summed E-state index contributed by atoms with van der Waals surface area (Å²) >= 11 is 0. The van der Waals surface area contributed by atoms with Crippen LogP contribution in [0.15, 0.2) is 24.3 Å². The Kier molecular flexibility index (Phi) is 6.88. The van der Waals surface area contributed by atoms with Crippen LogP contribution in [0.4, 0.5) is 0 Å². The zero-order chi connectivity index (χ0) is 15.8. The maximum absolute atomic E-state index is 12.2. The van der Waals surface area contributed by atoms with Crippen molar-refractivity contribution < 1.29 is 9.59 Å². The van der Waals surface area contributed by atoms with E-state index in [2.05, 4.69) is 0 Å². The van der Waals surface area contributed by atoms with Crippen molar-refractivity contribution in [2.75, 3.05) is 26.7 Å². The van der Waals surface area contributed by atoms with Crippen molar-refractivity contribution in [2.45, 2.75) is 26.8 Å². The van der Waals surface area contributed by atoms with Crippen molar-refractivity contribution in [1.29, 1.82) is 0 Å². The van der Waals surface area contributed by atoms with Crippen LogP contribution in [-0.4, -0.2) is 48.3 Å². The van der Waals surface area contributed by atoms with Gasteiger partial charge in [-0.1, -0.05) is 24.3 Å². The smallest absolute Gasteiger partial charge is 0.242 e. The molecule has 0 saturated heterocycles. The first-order chi connectivity index (χ1) is 10.0. The normalized spacial score (nSPS) is 10.3. The summed E-state index contributed by atoms with van der Waals surface area (Å²) in [5, 5.41) is 0. The second-order valence-corrected chi connectivity index (χ2v) is 4.97. The van der Waals surface area contributed by atoms with Crippen LogP contribution in [0.25, 0.3) is 0 Å². The molecule has 0 aliphatic heterocycles. The third-order valence-corrected chi connectivity index (χ3v) is 3.59. The molecule has 0 aliphatic rings. The van der Waals surface area contributed by atoms with Gasteiger partial charge in [0.2, 0.25) is 11.8 Å². The summed E-state index contributed by atoms with van der Waals surface area (Å²) in [6.45, 7) is 5.71. The summed E-state index contributed by atoms with van der Waals surface area (Å²) < 4.78 is 0. The predicted octanol–water partition coefficient (Wildman–Crippen LogP) is 1.01. The first-order valence-electron chi connectivity index (χ1n) is 7.32. The SMILES string of the molecule is CCN(CC)C(=O)CN(C)C(=O)Cc1ccccc1CN. The van der Waals surface area contributed by atoms with Gasteiger partial charge in [0.25, 0.3) is 0 Å². The van der Waals surface area contributed by atoms with E-state index >= 15 is 0 Å². The summed E-state index contributed by atoms with van der Waals surface area (Å²) in [4.78, 5) is 27.4. The maximum atomic E-state index is 12.2. The number of nitrogens with two attached hydrogens (primary N) is 1. The molecule has 0 spiro atoms. The molecule has 5 nitrogen and oxygen atoms in total. The van der Waals surface area contributed by atoms with Gasteiger partial charge in [0.1, 0.15) is 0 Å². The number of hydrogen-bond acceptors (Lipinski definition) is 3. The minimum atomic E-state index is -0.0728. The molecule has 0 unspecified atom stereocenters. The van der Waals surface area contributed by atoms with Gasteiger partial charge >= 0.3 is 0 Å². The van der Waals surface area contributed by atoms with E-state index in [1.807, 2.05) is 38.1 Å². The fourth-order valence-corrected chi connectivity index (χ4v) is 2.19. The summed E-state index contributed by atoms with van der Waals surface area (Å²) in [5.41, 5.74) is 7.56. The van der Waals surface area contributed by atoms with E-state index in [0.29, 0.717) is 19.6 Å². The molecule has 21 heavy (non-hydrogen) atoms. The highest BCUT2D eigenvalue weighted by Crippen LogP contribution is 2.10. The van der Waals surface area contributed by atoms with Crippen LogP contribution < -0.4 is 5.73 Å². The summed E-state index contributed by atoms with van der Waals surface area (Å²) in [6.07, 6.45) is 0.273. The van der Waals surface area contributed by atoms with Crippen LogP contribution in [0.2, 0.25) is 0 Å². The number of likely N-dealkylation sites (N-methyl/N-ethyl adjacent to an activating group) is 2. The third kappa shape index (κ3) is 4.86. The Balaban J connectivity index is 2.64. The lowest BCUT2D eigenvalue weighted by atomic mass is 10.0. The fraction of sp³-hybridized carbons (Fsp3) is 0.500. The van der Waals surface area contributed by atoms with Gasteiger partial charge in [0, 0.05) is 26.7 Å². The van der Waals surface area contributed by atoms with Gasteiger partial charge in [0.15, 0.2) is 0 Å². The molecule has 0 saturated carbocycles. The second kappa shape index (κ2) is 8.42. The van der Waals surface area contributed by atoms with E-state index in [0.717, 1.165) is 11.1 Å². The van der Waals surface area contributed by atoms with E-state index in [1.165, 1.54) is 4.90 Å². The number of carbonyl (C=O) groups is 2. The molecular formula is C16H25N3O2. The van der Waals surface area contributed by atoms with E-state index in [-0.39, 0.29) is 24.8 Å². The van der Waals surface area contributed by atoms with Crippen LogP contribution in [0.3, 0.4) is 0 Å². The first kappa shape index (κ1) is 17.2. The van der Waals surface area contributed by atoms with Crippen molar-refractivity contribution in [2.24, 2.45) is 5.73 Å². The Morgan fingerprint density at radius 2 is 1.62 bits per heavy atom. The topological polar surface area (TPSA) is 66.6 Å². The largest absolute Gasteiger partial charge is 0.342 e. The molecule has 2 amide bonds. The third-order valence-electron chi connectivity index (χ3n) is 3.59. The van der Waals surface area contributed by atoms with Gasteiger partial charge in [-0.15, -0.1) is 0 Å². The summed E-state index contributed by atoms with van der Waals surface area (Å²) in [7, 11) is 1.66. The van der Waals surface area contributed by atoms with Crippen LogP contribution in [0.1, 0.15) is 25.0 Å². The Morgan fingerprint density at radius 1 is 1.05 bits per heavy atom. The number of carbonyl (C=O) groups excluding carboxylic acids is 2. The summed E-state index contributed by atoms with van der Waals surface area (Å²) in [6, 6.07) is 7.62. The Bertz CT molecular complexity index is 484. The van der Waals surface area contributed by atoms with Crippen molar-refractivity contribution in [3.63, 3.8) is 0 Å². The number of hydrogen-bond donors (Lipinski definition) is 1. The molecule has 0 bridgehead atoms. The molecule has 0 aromatic heterocycles. The molecule has 1 aromatic rings. The van der Waals surface area contributed by atoms with Gasteiger partial charge in [-0.05, 0) is 25.0 Å². The molecule has 0 fully saturated rings. The lowest BCUT2D eigenvalue weighted by molar-refractivity contribution is -0.138. The van der Waals surface area contributed by atoms with E-state index < -0.39 is 0 Å². The molecule has 116 valence electrons. The highest BCUT2D eigenvalue weighted by atomic mass is 16.2. The molecular weight excluding hydrogens is 266 g/mol. The molecule has 2 N–H and O–H groups in total. The molecule has 5 heteroatoms. The standard InChI is InChI=1S/C16H25N3O2/c1-4-19(5-2)16(21)12-18(3)15(20)10-13-8-6-7-9-14(13)11-17/h6-9H,4-5,10-12,17H2,1-3H3. The van der Waals surface area contributed by atoms with E-state index in [4.69, 9.17) is 5.73 Å². The van der Waals surface area contributed by atoms with Crippen LogP contribution in [0, 0.1) is 0 Å². The monoisotopic (exact) mass is 291 g/mol. The highest BCUT2D eigenvalue weighted by Gasteiger charge is 2.17. The van der Waals surface area contributed by atoms with Crippen LogP contribution >= 0.6 is 0 Å². The quantitative estimate of drug-likeness (QED) is 0.815. The summed E-state index contributed by atoms with van der Waals surface area (Å²) in [5.74, 6) is -0.0978.